The fourth-order valence-corrected chi connectivity index (χ4v) is 6.24. The molecule has 0 aliphatic carbocycles. The number of aromatic nitrogens is 4. The van der Waals surface area contributed by atoms with Crippen molar-refractivity contribution < 1.29 is 18.0 Å². The first-order valence-electron chi connectivity index (χ1n) is 14.2. The molecule has 0 saturated heterocycles. The Bertz CT molecular complexity index is 2400. The van der Waals surface area contributed by atoms with E-state index in [4.69, 9.17) is 16.7 Å². The smallest absolute Gasteiger partial charge is 0.321 e. The molecule has 0 aliphatic rings. The highest BCUT2D eigenvalue weighted by molar-refractivity contribution is 7.07. The fourth-order valence-electron chi connectivity index (χ4n) is 4.97. The number of anilines is 1. The lowest BCUT2D eigenvalue weighted by Crippen LogP contribution is -2.33. The van der Waals surface area contributed by atoms with Crippen molar-refractivity contribution in [1.29, 1.82) is 5.26 Å². The number of hydrogen-bond donors (Lipinski definition) is 1. The molecular weight excluding hydrogens is 661 g/mol. The molecule has 0 aliphatic heterocycles. The summed E-state index contributed by atoms with van der Waals surface area (Å²) < 4.78 is 44.8. The van der Waals surface area contributed by atoms with Gasteiger partial charge in [-0.05, 0) is 67.1 Å². The van der Waals surface area contributed by atoms with Gasteiger partial charge in [0.15, 0.2) is 5.57 Å². The SMILES string of the molecule is Cc1c(Cl)cccc1NC(=O)/C(C#N)=c1\s/c(=C/c2cn(-c3ccccc3)nc2-c2cccnc2)c(=O)n1-c1ccccc1C(F)(F)F. The molecule has 3 aromatic carbocycles. The van der Waals surface area contributed by atoms with E-state index in [1.54, 1.807) is 60.5 Å². The van der Waals surface area contributed by atoms with E-state index in [0.717, 1.165) is 22.4 Å². The molecule has 6 rings (SSSR count). The predicted octanol–water partition coefficient (Wildman–Crippen LogP) is 6.27. The summed E-state index contributed by atoms with van der Waals surface area (Å²) >= 11 is 6.92. The molecule has 48 heavy (non-hydrogen) atoms. The zero-order valence-electron chi connectivity index (χ0n) is 24.9. The average molecular weight is 683 g/mol. The second-order valence-electron chi connectivity index (χ2n) is 10.4. The van der Waals surface area contributed by atoms with Gasteiger partial charge in [-0.15, -0.1) is 11.3 Å². The van der Waals surface area contributed by atoms with Crippen LogP contribution < -0.4 is 20.1 Å². The number of para-hydroxylation sites is 2. The van der Waals surface area contributed by atoms with Crippen LogP contribution >= 0.6 is 22.9 Å². The van der Waals surface area contributed by atoms with E-state index in [1.165, 1.54) is 18.2 Å². The summed E-state index contributed by atoms with van der Waals surface area (Å²) in [5, 5.41) is 17.9. The third-order valence-electron chi connectivity index (χ3n) is 7.33. The number of carbonyl (C=O) groups excluding carboxylic acids is 1. The third-order valence-corrected chi connectivity index (χ3v) is 8.83. The number of nitrogens with zero attached hydrogens (tertiary/aromatic N) is 5. The van der Waals surface area contributed by atoms with Gasteiger partial charge < -0.3 is 5.32 Å². The lowest BCUT2D eigenvalue weighted by atomic mass is 10.1. The Morgan fingerprint density at radius 3 is 2.48 bits per heavy atom. The number of pyridine rings is 1. The number of rotatable bonds is 6. The van der Waals surface area contributed by atoms with E-state index in [9.17, 15) is 28.0 Å². The first-order chi connectivity index (χ1) is 23.1. The van der Waals surface area contributed by atoms with Crippen molar-refractivity contribution in [3.05, 3.63) is 145 Å². The summed E-state index contributed by atoms with van der Waals surface area (Å²) in [6.45, 7) is 1.66. The molecule has 0 saturated carbocycles. The predicted molar refractivity (Wildman–Crippen MR) is 178 cm³/mol. The lowest BCUT2D eigenvalue weighted by Gasteiger charge is -2.13. The van der Waals surface area contributed by atoms with Crippen molar-refractivity contribution in [3.63, 3.8) is 0 Å². The highest BCUT2D eigenvalue weighted by atomic mass is 35.5. The minimum absolute atomic E-state index is 0.0424. The molecule has 3 aromatic heterocycles. The molecule has 1 amide bonds. The molecule has 3 heterocycles. The number of nitriles is 1. The second-order valence-corrected chi connectivity index (χ2v) is 11.8. The summed E-state index contributed by atoms with van der Waals surface area (Å²) in [5.74, 6) is -0.929. The number of amides is 1. The molecule has 238 valence electrons. The van der Waals surface area contributed by atoms with E-state index in [2.05, 4.69) is 10.3 Å². The molecule has 0 unspecified atom stereocenters. The first kappa shape index (κ1) is 32.2. The molecule has 0 bridgehead atoms. The Kier molecular flexibility index (Phi) is 8.82. The van der Waals surface area contributed by atoms with E-state index in [1.807, 2.05) is 36.4 Å². The lowest BCUT2D eigenvalue weighted by molar-refractivity contribution is -0.137. The van der Waals surface area contributed by atoms with Gasteiger partial charge in [0.05, 0.1) is 21.5 Å². The molecule has 0 spiro atoms. The van der Waals surface area contributed by atoms with Crippen molar-refractivity contribution in [2.24, 2.45) is 0 Å². The Morgan fingerprint density at radius 1 is 1.02 bits per heavy atom. The summed E-state index contributed by atoms with van der Waals surface area (Å²) in [7, 11) is 0. The molecular formula is C35H22ClF3N6O2S. The van der Waals surface area contributed by atoms with Crippen molar-refractivity contribution >= 4 is 46.2 Å². The standard InChI is InChI=1S/C35H22ClF3N6O2S/c1-21-27(36)13-7-14-28(21)42-32(46)25(18-40)34-45(29-15-6-5-12-26(29)35(37,38)39)33(47)30(48-34)17-23-20-44(24-10-3-2-4-11-24)43-31(23)22-9-8-16-41-19-22/h2-17,19-20H,1H3,(H,42,46)/b30-17+,34-25-. The van der Waals surface area contributed by atoms with Crippen molar-refractivity contribution in [2.75, 3.05) is 5.32 Å². The number of carbonyl (C=O) groups is 1. The maximum Gasteiger partial charge on any atom is 0.418 e. The van der Waals surface area contributed by atoms with E-state index >= 15 is 0 Å². The van der Waals surface area contributed by atoms with Crippen LogP contribution in [0.15, 0.2) is 108 Å². The van der Waals surface area contributed by atoms with Gasteiger partial charge in [0.2, 0.25) is 0 Å². The molecule has 1 N–H and O–H groups in total. The summed E-state index contributed by atoms with van der Waals surface area (Å²) in [4.78, 5) is 31.9. The quantitative estimate of drug-likeness (QED) is 0.223. The Balaban J connectivity index is 1.64. The van der Waals surface area contributed by atoms with Crippen molar-refractivity contribution in [2.45, 2.75) is 13.1 Å². The van der Waals surface area contributed by atoms with Crippen LogP contribution in [-0.2, 0) is 11.0 Å². The molecule has 13 heteroatoms. The minimum atomic E-state index is -4.85. The summed E-state index contributed by atoms with van der Waals surface area (Å²) in [6.07, 6.45) is 1.49. The maximum absolute atomic E-state index is 14.3. The van der Waals surface area contributed by atoms with Gasteiger partial charge in [0.1, 0.15) is 16.4 Å². The van der Waals surface area contributed by atoms with Gasteiger partial charge in [-0.2, -0.15) is 23.5 Å². The summed E-state index contributed by atoms with van der Waals surface area (Å²) in [6, 6.07) is 23.8. The van der Waals surface area contributed by atoms with Gasteiger partial charge in [-0.1, -0.05) is 48.0 Å². The largest absolute Gasteiger partial charge is 0.418 e. The van der Waals surface area contributed by atoms with E-state index in [-0.39, 0.29) is 9.20 Å². The van der Waals surface area contributed by atoms with Crippen LogP contribution in [0.25, 0.3) is 34.3 Å². The van der Waals surface area contributed by atoms with Gasteiger partial charge in [0.25, 0.3) is 11.5 Å². The Labute approximate surface area is 279 Å². The number of nitrogens with one attached hydrogen (secondary N) is 1. The molecule has 0 radical (unpaired) electrons. The van der Waals surface area contributed by atoms with Gasteiger partial charge >= 0.3 is 6.18 Å². The topological polar surface area (TPSA) is 106 Å². The Hall–Kier alpha value is -5.77. The van der Waals surface area contributed by atoms with Crippen LogP contribution in [0.1, 0.15) is 16.7 Å². The number of thiazole rings is 1. The first-order valence-corrected chi connectivity index (χ1v) is 15.4. The van der Waals surface area contributed by atoms with Gasteiger partial charge in [0, 0.05) is 40.4 Å². The summed E-state index contributed by atoms with van der Waals surface area (Å²) in [5.41, 5.74) is -0.0333. The number of hydrogen-bond acceptors (Lipinski definition) is 6. The molecule has 0 atom stereocenters. The highest BCUT2D eigenvalue weighted by Crippen LogP contribution is 2.33. The molecule has 6 aromatic rings. The monoisotopic (exact) mass is 682 g/mol. The van der Waals surface area contributed by atoms with Crippen LogP contribution in [0.3, 0.4) is 0 Å². The average Bonchev–Trinajstić information content (AvgIpc) is 3.65. The van der Waals surface area contributed by atoms with E-state index < -0.39 is 34.5 Å². The number of halogens is 4. The van der Waals surface area contributed by atoms with Crippen LogP contribution in [0, 0.1) is 18.3 Å². The molecule has 0 fully saturated rings. The zero-order chi connectivity index (χ0) is 34.0. The number of alkyl halides is 3. The number of benzene rings is 3. The van der Waals surface area contributed by atoms with Gasteiger partial charge in [-0.3, -0.25) is 19.1 Å². The third kappa shape index (κ3) is 6.29. The highest BCUT2D eigenvalue weighted by Gasteiger charge is 2.34. The van der Waals surface area contributed by atoms with E-state index in [0.29, 0.717) is 44.4 Å². The van der Waals surface area contributed by atoms with Crippen LogP contribution in [-0.4, -0.2) is 25.2 Å². The fraction of sp³-hybridized carbons (Fsp3) is 0.0571. The normalized spacial score (nSPS) is 12.5. The molecule has 8 nitrogen and oxygen atoms in total. The van der Waals surface area contributed by atoms with Crippen molar-refractivity contribution in [3.8, 4) is 28.7 Å². The van der Waals surface area contributed by atoms with Crippen LogP contribution in [0.5, 0.6) is 0 Å². The van der Waals surface area contributed by atoms with Gasteiger partial charge in [-0.25, -0.2) is 4.68 Å². The maximum atomic E-state index is 14.3. The second kappa shape index (κ2) is 13.2. The minimum Gasteiger partial charge on any atom is -0.321 e. The van der Waals surface area contributed by atoms with Crippen LogP contribution in [0.2, 0.25) is 5.02 Å². The van der Waals surface area contributed by atoms with Crippen LogP contribution in [0.4, 0.5) is 18.9 Å². The zero-order valence-corrected chi connectivity index (χ0v) is 26.4. The van der Waals surface area contributed by atoms with Crippen molar-refractivity contribution in [1.82, 2.24) is 19.3 Å². The Morgan fingerprint density at radius 2 is 1.77 bits per heavy atom.